The van der Waals surface area contributed by atoms with Gasteiger partial charge in [-0.15, -0.1) is 0 Å². The van der Waals surface area contributed by atoms with E-state index in [1.807, 2.05) is 0 Å². The fourth-order valence-electron chi connectivity index (χ4n) is 2.28. The third-order valence-corrected chi connectivity index (χ3v) is 3.35. The Labute approximate surface area is 81.0 Å². The second kappa shape index (κ2) is 4.43. The van der Waals surface area contributed by atoms with Gasteiger partial charge in [-0.05, 0) is 31.6 Å². The molecule has 13 heavy (non-hydrogen) atoms. The summed E-state index contributed by atoms with van der Waals surface area (Å²) in [5.74, 6) is 0.976. The fourth-order valence-corrected chi connectivity index (χ4v) is 2.28. The van der Waals surface area contributed by atoms with E-state index in [1.54, 1.807) is 0 Å². The summed E-state index contributed by atoms with van der Waals surface area (Å²) >= 11 is 0. The molecule has 1 saturated carbocycles. The summed E-state index contributed by atoms with van der Waals surface area (Å²) in [4.78, 5) is 0. The van der Waals surface area contributed by atoms with Crippen LogP contribution in [-0.4, -0.2) is 25.3 Å². The molecule has 2 rings (SSSR count). The van der Waals surface area contributed by atoms with Crippen LogP contribution in [0.15, 0.2) is 0 Å². The number of hydrogen-bond acceptors (Lipinski definition) is 2. The van der Waals surface area contributed by atoms with Crippen LogP contribution in [0.1, 0.15) is 39.0 Å². The molecule has 1 aliphatic heterocycles. The lowest BCUT2D eigenvalue weighted by Gasteiger charge is -2.15. The van der Waals surface area contributed by atoms with Crippen LogP contribution < -0.4 is 5.32 Å². The maximum Gasteiger partial charge on any atom is 0.0480 e. The lowest BCUT2D eigenvalue weighted by atomic mass is 10.1. The minimum Gasteiger partial charge on any atom is -0.381 e. The number of hydrogen-bond donors (Lipinski definition) is 1. The van der Waals surface area contributed by atoms with E-state index in [4.69, 9.17) is 4.74 Å². The second-order valence-electron chi connectivity index (χ2n) is 4.42. The van der Waals surface area contributed by atoms with E-state index in [1.165, 1.54) is 32.1 Å². The molecule has 0 amide bonds. The van der Waals surface area contributed by atoms with Gasteiger partial charge in [0.05, 0.1) is 0 Å². The summed E-state index contributed by atoms with van der Waals surface area (Å²) in [7, 11) is 0. The third-order valence-electron chi connectivity index (χ3n) is 3.35. The van der Waals surface area contributed by atoms with Gasteiger partial charge in [0.1, 0.15) is 0 Å². The molecule has 3 unspecified atom stereocenters. The molecule has 2 nitrogen and oxygen atoms in total. The van der Waals surface area contributed by atoms with Crippen molar-refractivity contribution in [1.29, 1.82) is 0 Å². The van der Waals surface area contributed by atoms with Gasteiger partial charge in [-0.1, -0.05) is 13.3 Å². The second-order valence-corrected chi connectivity index (χ2v) is 4.42. The minimum atomic E-state index is 0.740. The molecule has 0 aromatic heterocycles. The van der Waals surface area contributed by atoms with E-state index in [2.05, 4.69) is 12.2 Å². The Kier molecular flexibility index (Phi) is 3.23. The number of rotatable bonds is 3. The highest BCUT2D eigenvalue weighted by Gasteiger charge is 2.36. The average Bonchev–Trinajstić information content (AvgIpc) is 2.90. The molecule has 76 valence electrons. The topological polar surface area (TPSA) is 21.3 Å². The van der Waals surface area contributed by atoms with Crippen LogP contribution in [0.5, 0.6) is 0 Å². The first-order valence-electron chi connectivity index (χ1n) is 5.74. The molecule has 2 aliphatic rings. The first kappa shape index (κ1) is 9.47. The van der Waals surface area contributed by atoms with Crippen molar-refractivity contribution in [1.82, 2.24) is 5.32 Å². The maximum absolute atomic E-state index is 5.44. The Morgan fingerprint density at radius 3 is 3.00 bits per heavy atom. The molecule has 0 aromatic carbocycles. The normalized spacial score (nSPS) is 39.9. The van der Waals surface area contributed by atoms with E-state index in [0.717, 1.165) is 31.2 Å². The van der Waals surface area contributed by atoms with Gasteiger partial charge in [-0.25, -0.2) is 0 Å². The van der Waals surface area contributed by atoms with Crippen molar-refractivity contribution in [2.45, 2.75) is 51.1 Å². The van der Waals surface area contributed by atoms with Crippen molar-refractivity contribution in [3.63, 3.8) is 0 Å². The fraction of sp³-hybridized carbons (Fsp3) is 1.00. The Balaban J connectivity index is 1.68. The van der Waals surface area contributed by atoms with Crippen molar-refractivity contribution in [3.05, 3.63) is 0 Å². The molecular weight excluding hydrogens is 162 g/mol. The predicted octanol–water partition coefficient (Wildman–Crippen LogP) is 1.94. The number of ether oxygens (including phenoxy) is 1. The largest absolute Gasteiger partial charge is 0.381 e. The van der Waals surface area contributed by atoms with Crippen LogP contribution >= 0.6 is 0 Å². The zero-order valence-electron chi connectivity index (χ0n) is 8.59. The van der Waals surface area contributed by atoms with Crippen molar-refractivity contribution in [2.24, 2.45) is 5.92 Å². The van der Waals surface area contributed by atoms with Gasteiger partial charge < -0.3 is 10.1 Å². The van der Waals surface area contributed by atoms with E-state index in [-0.39, 0.29) is 0 Å². The summed E-state index contributed by atoms with van der Waals surface area (Å²) in [6.07, 6.45) is 6.52. The van der Waals surface area contributed by atoms with Gasteiger partial charge >= 0.3 is 0 Å². The SMILES string of the molecule is CCC1CC1NC1CCCOCC1. The summed E-state index contributed by atoms with van der Waals surface area (Å²) < 4.78 is 5.44. The van der Waals surface area contributed by atoms with E-state index in [0.29, 0.717) is 0 Å². The maximum atomic E-state index is 5.44. The van der Waals surface area contributed by atoms with Crippen molar-refractivity contribution in [2.75, 3.05) is 13.2 Å². The molecule has 0 radical (unpaired) electrons. The number of nitrogens with one attached hydrogen (secondary N) is 1. The van der Waals surface area contributed by atoms with Crippen LogP contribution in [0.3, 0.4) is 0 Å². The summed E-state index contributed by atoms with van der Waals surface area (Å²) in [6.45, 7) is 4.23. The summed E-state index contributed by atoms with van der Waals surface area (Å²) in [5.41, 5.74) is 0. The lowest BCUT2D eigenvalue weighted by Crippen LogP contribution is -2.32. The molecule has 2 fully saturated rings. The monoisotopic (exact) mass is 183 g/mol. The standard InChI is InChI=1S/C11H21NO/c1-2-9-8-11(9)12-10-4-3-6-13-7-5-10/h9-12H,2-8H2,1H3. The Morgan fingerprint density at radius 2 is 2.23 bits per heavy atom. The van der Waals surface area contributed by atoms with E-state index < -0.39 is 0 Å². The minimum absolute atomic E-state index is 0.740. The smallest absolute Gasteiger partial charge is 0.0480 e. The average molecular weight is 183 g/mol. The van der Waals surface area contributed by atoms with Gasteiger partial charge in [-0.2, -0.15) is 0 Å². The predicted molar refractivity (Wildman–Crippen MR) is 53.8 cm³/mol. The van der Waals surface area contributed by atoms with E-state index >= 15 is 0 Å². The molecule has 2 heteroatoms. The zero-order valence-corrected chi connectivity index (χ0v) is 8.59. The Hall–Kier alpha value is -0.0800. The van der Waals surface area contributed by atoms with Crippen molar-refractivity contribution >= 4 is 0 Å². The first-order chi connectivity index (χ1) is 6.40. The van der Waals surface area contributed by atoms with Gasteiger partial charge in [0, 0.05) is 25.3 Å². The molecular formula is C11H21NO. The highest BCUT2D eigenvalue weighted by Crippen LogP contribution is 2.34. The van der Waals surface area contributed by atoms with Gasteiger partial charge in [0.25, 0.3) is 0 Å². The third kappa shape index (κ3) is 2.68. The zero-order chi connectivity index (χ0) is 9.10. The molecule has 0 bridgehead atoms. The van der Waals surface area contributed by atoms with Gasteiger partial charge in [0.15, 0.2) is 0 Å². The molecule has 1 N–H and O–H groups in total. The first-order valence-corrected chi connectivity index (χ1v) is 5.74. The molecule has 1 aliphatic carbocycles. The molecule has 3 atom stereocenters. The summed E-state index contributed by atoms with van der Waals surface area (Å²) in [5, 5.41) is 3.75. The van der Waals surface area contributed by atoms with Gasteiger partial charge in [-0.3, -0.25) is 0 Å². The van der Waals surface area contributed by atoms with Crippen LogP contribution in [0.4, 0.5) is 0 Å². The Morgan fingerprint density at radius 1 is 1.31 bits per heavy atom. The van der Waals surface area contributed by atoms with Gasteiger partial charge in [0.2, 0.25) is 0 Å². The molecule has 0 aromatic rings. The Bertz CT molecular complexity index is 152. The van der Waals surface area contributed by atoms with Crippen LogP contribution in [0, 0.1) is 5.92 Å². The van der Waals surface area contributed by atoms with E-state index in [9.17, 15) is 0 Å². The van der Waals surface area contributed by atoms with Crippen LogP contribution in [0.25, 0.3) is 0 Å². The summed E-state index contributed by atoms with van der Waals surface area (Å²) in [6, 6.07) is 1.58. The van der Waals surface area contributed by atoms with Crippen LogP contribution in [-0.2, 0) is 4.74 Å². The highest BCUT2D eigenvalue weighted by molar-refractivity contribution is 4.94. The molecule has 1 heterocycles. The molecule has 0 spiro atoms. The molecule has 1 saturated heterocycles. The quantitative estimate of drug-likeness (QED) is 0.722. The lowest BCUT2D eigenvalue weighted by molar-refractivity contribution is 0.142. The van der Waals surface area contributed by atoms with Crippen molar-refractivity contribution < 1.29 is 4.74 Å². The van der Waals surface area contributed by atoms with Crippen LogP contribution in [0.2, 0.25) is 0 Å². The highest BCUT2D eigenvalue weighted by atomic mass is 16.5. The van der Waals surface area contributed by atoms with Crippen molar-refractivity contribution in [3.8, 4) is 0 Å².